The maximum atomic E-state index is 12.1. The summed E-state index contributed by atoms with van der Waals surface area (Å²) in [5.41, 5.74) is 6.57. The van der Waals surface area contributed by atoms with Gasteiger partial charge in [0.1, 0.15) is 0 Å². The van der Waals surface area contributed by atoms with Crippen molar-refractivity contribution < 1.29 is 9.18 Å². The van der Waals surface area contributed by atoms with Gasteiger partial charge in [-0.1, -0.05) is 30.3 Å². The van der Waals surface area contributed by atoms with Crippen molar-refractivity contribution in [3.05, 3.63) is 47.8 Å². The van der Waals surface area contributed by atoms with Gasteiger partial charge in [0, 0.05) is 13.1 Å². The van der Waals surface area contributed by atoms with Crippen molar-refractivity contribution in [2.24, 2.45) is 5.73 Å². The van der Waals surface area contributed by atoms with Crippen LogP contribution in [0.4, 0.5) is 4.39 Å². The normalized spacial score (nSPS) is 11.2. The van der Waals surface area contributed by atoms with Gasteiger partial charge >= 0.3 is 0 Å². The van der Waals surface area contributed by atoms with Crippen molar-refractivity contribution in [1.29, 1.82) is 0 Å². The van der Waals surface area contributed by atoms with E-state index in [1.165, 1.54) is 0 Å². The SMILES string of the molecule is NC/C(=C\F)CNC(=O)Cc1ccccc1. The molecular weight excluding hydrogens is 207 g/mol. The van der Waals surface area contributed by atoms with E-state index < -0.39 is 0 Å². The Hall–Kier alpha value is -1.68. The second kappa shape index (κ2) is 6.74. The summed E-state index contributed by atoms with van der Waals surface area (Å²) in [5.74, 6) is -0.140. The lowest BCUT2D eigenvalue weighted by molar-refractivity contribution is -0.120. The van der Waals surface area contributed by atoms with Crippen molar-refractivity contribution in [3.63, 3.8) is 0 Å². The van der Waals surface area contributed by atoms with E-state index in [9.17, 15) is 9.18 Å². The summed E-state index contributed by atoms with van der Waals surface area (Å²) in [7, 11) is 0. The highest BCUT2D eigenvalue weighted by atomic mass is 19.1. The van der Waals surface area contributed by atoms with Crippen molar-refractivity contribution in [3.8, 4) is 0 Å². The summed E-state index contributed by atoms with van der Waals surface area (Å²) in [6, 6.07) is 9.37. The molecule has 1 rings (SSSR count). The quantitative estimate of drug-likeness (QED) is 0.785. The van der Waals surface area contributed by atoms with Gasteiger partial charge < -0.3 is 11.1 Å². The number of hydrogen-bond acceptors (Lipinski definition) is 2. The Labute approximate surface area is 94.1 Å². The Balaban J connectivity index is 2.37. The fourth-order valence-electron chi connectivity index (χ4n) is 1.21. The minimum Gasteiger partial charge on any atom is -0.352 e. The molecule has 0 heterocycles. The van der Waals surface area contributed by atoms with E-state index in [0.717, 1.165) is 5.56 Å². The van der Waals surface area contributed by atoms with E-state index in [1.807, 2.05) is 30.3 Å². The van der Waals surface area contributed by atoms with Gasteiger partial charge in [-0.25, -0.2) is 4.39 Å². The first-order chi connectivity index (χ1) is 7.76. The first kappa shape index (κ1) is 12.4. The lowest BCUT2D eigenvalue weighted by Crippen LogP contribution is -2.28. The van der Waals surface area contributed by atoms with E-state index in [0.29, 0.717) is 18.3 Å². The first-order valence-electron chi connectivity index (χ1n) is 5.05. The summed E-state index contributed by atoms with van der Waals surface area (Å²) in [6.07, 6.45) is 0.730. The minimum atomic E-state index is -0.140. The largest absolute Gasteiger partial charge is 0.352 e. The van der Waals surface area contributed by atoms with Gasteiger partial charge in [-0.2, -0.15) is 0 Å². The number of rotatable bonds is 5. The maximum absolute atomic E-state index is 12.1. The molecule has 0 saturated heterocycles. The van der Waals surface area contributed by atoms with E-state index >= 15 is 0 Å². The predicted molar refractivity (Wildman–Crippen MR) is 61.4 cm³/mol. The Bertz CT molecular complexity index is 363. The van der Waals surface area contributed by atoms with E-state index in [-0.39, 0.29) is 19.0 Å². The zero-order valence-electron chi connectivity index (χ0n) is 8.95. The third kappa shape index (κ3) is 4.23. The van der Waals surface area contributed by atoms with Gasteiger partial charge in [-0.15, -0.1) is 0 Å². The van der Waals surface area contributed by atoms with Crippen LogP contribution in [0.25, 0.3) is 0 Å². The van der Waals surface area contributed by atoms with Crippen molar-refractivity contribution >= 4 is 5.91 Å². The molecule has 4 heteroatoms. The molecular formula is C12H15FN2O. The molecule has 0 atom stereocenters. The summed E-state index contributed by atoms with van der Waals surface area (Å²) < 4.78 is 12.1. The lowest BCUT2D eigenvalue weighted by atomic mass is 10.1. The number of nitrogens with two attached hydrogens (primary N) is 1. The van der Waals surface area contributed by atoms with Crippen LogP contribution < -0.4 is 11.1 Å². The number of benzene rings is 1. The van der Waals surface area contributed by atoms with E-state index in [2.05, 4.69) is 5.32 Å². The highest BCUT2D eigenvalue weighted by Crippen LogP contribution is 1.99. The lowest BCUT2D eigenvalue weighted by Gasteiger charge is -2.06. The van der Waals surface area contributed by atoms with Gasteiger partial charge in [0.2, 0.25) is 5.91 Å². The zero-order chi connectivity index (χ0) is 11.8. The Kier molecular flexibility index (Phi) is 5.22. The zero-order valence-corrected chi connectivity index (χ0v) is 8.95. The molecule has 1 aromatic rings. The molecule has 1 amide bonds. The molecule has 0 aliphatic rings. The van der Waals surface area contributed by atoms with Crippen LogP contribution in [-0.2, 0) is 11.2 Å². The third-order valence-electron chi connectivity index (χ3n) is 2.14. The van der Waals surface area contributed by atoms with Crippen LogP contribution in [0.2, 0.25) is 0 Å². The van der Waals surface area contributed by atoms with E-state index in [4.69, 9.17) is 5.73 Å². The molecule has 0 spiro atoms. The fourth-order valence-corrected chi connectivity index (χ4v) is 1.21. The van der Waals surface area contributed by atoms with Gasteiger partial charge in [0.25, 0.3) is 0 Å². The van der Waals surface area contributed by atoms with Crippen molar-refractivity contribution in [2.75, 3.05) is 13.1 Å². The highest BCUT2D eigenvalue weighted by molar-refractivity contribution is 5.78. The van der Waals surface area contributed by atoms with Crippen molar-refractivity contribution in [2.45, 2.75) is 6.42 Å². The van der Waals surface area contributed by atoms with Crippen molar-refractivity contribution in [1.82, 2.24) is 5.32 Å². The smallest absolute Gasteiger partial charge is 0.224 e. The summed E-state index contributed by atoms with van der Waals surface area (Å²) in [5, 5.41) is 2.61. The molecule has 0 aromatic heterocycles. The second-order valence-corrected chi connectivity index (χ2v) is 3.41. The average Bonchev–Trinajstić information content (AvgIpc) is 2.31. The Morgan fingerprint density at radius 1 is 1.38 bits per heavy atom. The minimum absolute atomic E-state index is 0.113. The Morgan fingerprint density at radius 2 is 2.06 bits per heavy atom. The fraction of sp³-hybridized carbons (Fsp3) is 0.250. The monoisotopic (exact) mass is 222 g/mol. The summed E-state index contributed by atoms with van der Waals surface area (Å²) >= 11 is 0. The number of hydrogen-bond donors (Lipinski definition) is 2. The second-order valence-electron chi connectivity index (χ2n) is 3.41. The maximum Gasteiger partial charge on any atom is 0.224 e. The third-order valence-corrected chi connectivity index (χ3v) is 2.14. The highest BCUT2D eigenvalue weighted by Gasteiger charge is 2.03. The summed E-state index contributed by atoms with van der Waals surface area (Å²) in [6.45, 7) is 0.279. The molecule has 3 N–H and O–H groups in total. The Morgan fingerprint density at radius 3 is 2.62 bits per heavy atom. The molecule has 86 valence electrons. The van der Waals surface area contributed by atoms with Crippen LogP contribution in [-0.4, -0.2) is 19.0 Å². The number of halogens is 1. The molecule has 1 aromatic carbocycles. The molecule has 0 aliphatic carbocycles. The van der Waals surface area contributed by atoms with Crippen LogP contribution in [0.15, 0.2) is 42.2 Å². The number of carbonyl (C=O) groups excluding carboxylic acids is 1. The molecule has 0 radical (unpaired) electrons. The average molecular weight is 222 g/mol. The van der Waals surface area contributed by atoms with Gasteiger partial charge in [0.05, 0.1) is 12.8 Å². The topological polar surface area (TPSA) is 55.1 Å². The molecule has 0 fully saturated rings. The molecule has 3 nitrogen and oxygen atoms in total. The van der Waals surface area contributed by atoms with E-state index in [1.54, 1.807) is 0 Å². The van der Waals surface area contributed by atoms with Gasteiger partial charge in [0.15, 0.2) is 0 Å². The molecule has 0 aliphatic heterocycles. The molecule has 0 bridgehead atoms. The number of carbonyl (C=O) groups is 1. The van der Waals surface area contributed by atoms with Crippen LogP contribution in [0.3, 0.4) is 0 Å². The molecule has 16 heavy (non-hydrogen) atoms. The van der Waals surface area contributed by atoms with Gasteiger partial charge in [-0.3, -0.25) is 4.79 Å². The summed E-state index contributed by atoms with van der Waals surface area (Å²) in [4.78, 5) is 11.4. The van der Waals surface area contributed by atoms with Crippen LogP contribution >= 0.6 is 0 Å². The number of nitrogens with one attached hydrogen (secondary N) is 1. The molecule has 0 unspecified atom stereocenters. The van der Waals surface area contributed by atoms with Crippen LogP contribution in [0.5, 0.6) is 0 Å². The first-order valence-corrected chi connectivity index (χ1v) is 5.05. The van der Waals surface area contributed by atoms with Crippen LogP contribution in [0.1, 0.15) is 5.56 Å². The molecule has 0 saturated carbocycles. The predicted octanol–water partition coefficient (Wildman–Crippen LogP) is 1.16. The number of amides is 1. The van der Waals surface area contributed by atoms with Crippen LogP contribution in [0, 0.1) is 0 Å². The standard InChI is InChI=1S/C12H15FN2O/c13-7-11(8-14)9-15-12(16)6-10-4-2-1-3-5-10/h1-5,7H,6,8-9,14H2,(H,15,16)/b11-7+. The van der Waals surface area contributed by atoms with Gasteiger partial charge in [-0.05, 0) is 11.1 Å².